The zero-order valence-electron chi connectivity index (χ0n) is 36.4. The molecule has 0 spiro atoms. The van der Waals surface area contributed by atoms with E-state index in [0.29, 0.717) is 0 Å². The molecule has 0 amide bonds. The summed E-state index contributed by atoms with van der Waals surface area (Å²) < 4.78 is 5.33. The number of hydrogen-bond acceptors (Lipinski definition) is 2. The van der Waals surface area contributed by atoms with Crippen LogP contribution in [0.1, 0.15) is 76.3 Å². The third kappa shape index (κ3) is 4.82. The van der Waals surface area contributed by atoms with E-state index >= 15 is 0 Å². The van der Waals surface area contributed by atoms with Crippen molar-refractivity contribution in [3.63, 3.8) is 0 Å². The Morgan fingerprint density at radius 2 is 1.18 bits per heavy atom. The number of nitrogens with one attached hydrogen (secondary N) is 1. The van der Waals surface area contributed by atoms with Crippen LogP contribution < -0.4 is 16.2 Å². The molecule has 0 fully saturated rings. The van der Waals surface area contributed by atoms with E-state index in [1.165, 1.54) is 120 Å². The molecule has 0 unspecified atom stereocenters. The molecule has 298 valence electrons. The molecule has 8 aromatic carbocycles. The Balaban J connectivity index is 1.11. The standard InChI is InChI=1S/C58H47BN2S/c1-56(2,3)32-20-22-33(23-21-32)60-49-29-46-39(34-14-8-11-17-44(34)57(46,4)5)26-41(49)37-24-25-38-42-27-43-36-16-10-13-19-52(36)62-53(43)31-50(42)61-51-30-47-40(28-48(51)59-54(37)55(38)61)35-15-9-12-18-45(35)58(47,6)7/h8-31,59-60H,1-7H3. The topological polar surface area (TPSA) is 17.0 Å². The lowest BCUT2D eigenvalue weighted by Crippen LogP contribution is -2.37. The Morgan fingerprint density at radius 3 is 1.90 bits per heavy atom. The zero-order valence-corrected chi connectivity index (χ0v) is 37.2. The average molecular weight is 815 g/mol. The third-order valence-electron chi connectivity index (χ3n) is 15.0. The van der Waals surface area contributed by atoms with E-state index in [0.717, 1.165) is 18.7 Å². The fourth-order valence-electron chi connectivity index (χ4n) is 11.7. The summed E-state index contributed by atoms with van der Waals surface area (Å²) in [5.74, 6) is 0. The van der Waals surface area contributed by atoms with Gasteiger partial charge in [0.1, 0.15) is 0 Å². The highest BCUT2D eigenvalue weighted by Crippen LogP contribution is 2.53. The number of hydrogen-bond donors (Lipinski definition) is 1. The van der Waals surface area contributed by atoms with Gasteiger partial charge in [-0.05, 0) is 115 Å². The second-order valence-corrected chi connectivity index (χ2v) is 21.3. The van der Waals surface area contributed by atoms with Gasteiger partial charge >= 0.3 is 0 Å². The van der Waals surface area contributed by atoms with Crippen molar-refractivity contribution in [2.75, 3.05) is 5.32 Å². The van der Waals surface area contributed by atoms with Gasteiger partial charge in [-0.1, -0.05) is 151 Å². The molecule has 62 heavy (non-hydrogen) atoms. The SMILES string of the molecule is CC(C)(C)c1ccc(Nc2cc3c(cc2-c2ccc4c5cc6c(cc5n5c4c2Bc2cc4c(cc2-5)C(C)(C)c2ccccc2-4)sc2ccccc26)-c2ccccc2C3(C)C)cc1. The minimum Gasteiger partial charge on any atom is -0.355 e. The van der Waals surface area contributed by atoms with Crippen LogP contribution in [0, 0.1) is 0 Å². The molecule has 2 aromatic heterocycles. The Morgan fingerprint density at radius 1 is 0.516 bits per heavy atom. The fourth-order valence-corrected chi connectivity index (χ4v) is 12.8. The molecule has 0 bridgehead atoms. The summed E-state index contributed by atoms with van der Waals surface area (Å²) in [5, 5.41) is 9.33. The summed E-state index contributed by atoms with van der Waals surface area (Å²) in [5.41, 5.74) is 23.7. The maximum Gasteiger partial charge on any atom is 0.198 e. The highest BCUT2D eigenvalue weighted by Gasteiger charge is 2.39. The smallest absolute Gasteiger partial charge is 0.198 e. The van der Waals surface area contributed by atoms with E-state index in [1.807, 2.05) is 11.3 Å². The third-order valence-corrected chi connectivity index (χ3v) is 16.1. The van der Waals surface area contributed by atoms with E-state index in [2.05, 4.69) is 204 Å². The molecule has 4 heteroatoms. The number of benzene rings is 8. The lowest BCUT2D eigenvalue weighted by atomic mass is 9.58. The van der Waals surface area contributed by atoms with Gasteiger partial charge in [0.25, 0.3) is 0 Å². The van der Waals surface area contributed by atoms with Crippen molar-refractivity contribution >= 4 is 82.9 Å². The summed E-state index contributed by atoms with van der Waals surface area (Å²) >= 11 is 1.91. The number of rotatable bonds is 3. The van der Waals surface area contributed by atoms with Crippen LogP contribution in [0.5, 0.6) is 0 Å². The number of thiophene rings is 1. The van der Waals surface area contributed by atoms with Crippen molar-refractivity contribution in [1.29, 1.82) is 0 Å². The summed E-state index contributed by atoms with van der Waals surface area (Å²) in [6.07, 6.45) is 0. The number of aromatic nitrogens is 1. The van der Waals surface area contributed by atoms with Gasteiger partial charge in [-0.25, -0.2) is 0 Å². The lowest BCUT2D eigenvalue weighted by Gasteiger charge is -2.27. The van der Waals surface area contributed by atoms with Gasteiger partial charge in [0.05, 0.1) is 5.52 Å². The molecule has 13 rings (SSSR count). The molecule has 0 saturated carbocycles. The van der Waals surface area contributed by atoms with Crippen LogP contribution in [0.2, 0.25) is 0 Å². The Kier molecular flexibility index (Phi) is 7.13. The summed E-state index contributed by atoms with van der Waals surface area (Å²) in [7, 11) is 0.852. The van der Waals surface area contributed by atoms with Gasteiger partial charge in [-0.15, -0.1) is 11.3 Å². The van der Waals surface area contributed by atoms with Crippen LogP contribution in [0.4, 0.5) is 11.4 Å². The second kappa shape index (κ2) is 12.2. The Hall–Kier alpha value is -6.36. The van der Waals surface area contributed by atoms with Crippen LogP contribution in [0.3, 0.4) is 0 Å². The van der Waals surface area contributed by atoms with Crippen molar-refractivity contribution in [3.05, 3.63) is 173 Å². The van der Waals surface area contributed by atoms with Gasteiger partial charge in [0.15, 0.2) is 7.28 Å². The molecule has 0 radical (unpaired) electrons. The first-order valence-electron chi connectivity index (χ1n) is 22.2. The van der Waals surface area contributed by atoms with E-state index in [4.69, 9.17) is 0 Å². The molecule has 2 aliphatic carbocycles. The van der Waals surface area contributed by atoms with Gasteiger partial charge in [0, 0.05) is 69.9 Å². The molecule has 1 N–H and O–H groups in total. The predicted molar refractivity (Wildman–Crippen MR) is 269 cm³/mol. The minimum atomic E-state index is -0.123. The number of anilines is 2. The predicted octanol–water partition coefficient (Wildman–Crippen LogP) is 14.2. The maximum atomic E-state index is 4.01. The quantitative estimate of drug-likeness (QED) is 0.176. The van der Waals surface area contributed by atoms with Gasteiger partial charge in [0.2, 0.25) is 0 Å². The first-order chi connectivity index (χ1) is 29.9. The Labute approximate surface area is 368 Å². The zero-order chi connectivity index (χ0) is 42.0. The van der Waals surface area contributed by atoms with Crippen molar-refractivity contribution in [2.45, 2.75) is 64.7 Å². The summed E-state index contributed by atoms with van der Waals surface area (Å²) in [6.45, 7) is 16.4. The normalized spacial score (nSPS) is 15.1. The molecular formula is C58H47BN2S. The largest absolute Gasteiger partial charge is 0.355 e. The van der Waals surface area contributed by atoms with E-state index in [9.17, 15) is 0 Å². The minimum absolute atomic E-state index is 0.0834. The van der Waals surface area contributed by atoms with Crippen LogP contribution in [-0.4, -0.2) is 11.8 Å². The number of nitrogens with zero attached hydrogens (tertiary/aromatic N) is 1. The molecule has 3 heterocycles. The van der Waals surface area contributed by atoms with Crippen LogP contribution in [-0.2, 0) is 16.2 Å². The average Bonchev–Trinajstić information content (AvgIpc) is 3.93. The van der Waals surface area contributed by atoms with Crippen molar-refractivity contribution in [2.24, 2.45) is 0 Å². The summed E-state index contributed by atoms with van der Waals surface area (Å²) in [6, 6.07) is 56.0. The van der Waals surface area contributed by atoms with Crippen LogP contribution in [0.15, 0.2) is 146 Å². The highest BCUT2D eigenvalue weighted by atomic mass is 32.1. The molecule has 2 nitrogen and oxygen atoms in total. The molecule has 10 aromatic rings. The van der Waals surface area contributed by atoms with Crippen LogP contribution in [0.25, 0.3) is 81.0 Å². The van der Waals surface area contributed by atoms with E-state index in [1.54, 1.807) is 0 Å². The van der Waals surface area contributed by atoms with Crippen molar-refractivity contribution < 1.29 is 0 Å². The monoisotopic (exact) mass is 814 g/mol. The molecule has 0 atom stereocenters. The van der Waals surface area contributed by atoms with E-state index < -0.39 is 0 Å². The second-order valence-electron chi connectivity index (χ2n) is 20.2. The molecule has 3 aliphatic rings. The maximum absolute atomic E-state index is 4.01. The molecule has 1 aliphatic heterocycles. The van der Waals surface area contributed by atoms with Crippen LogP contribution >= 0.6 is 11.3 Å². The highest BCUT2D eigenvalue weighted by molar-refractivity contribution is 7.25. The first-order valence-corrected chi connectivity index (χ1v) is 23.0. The molecular weight excluding hydrogens is 768 g/mol. The fraction of sp³-hybridized carbons (Fsp3) is 0.172. The van der Waals surface area contributed by atoms with Gasteiger partial charge in [-0.3, -0.25) is 0 Å². The van der Waals surface area contributed by atoms with Crippen molar-refractivity contribution in [1.82, 2.24) is 4.57 Å². The van der Waals surface area contributed by atoms with Gasteiger partial charge in [-0.2, -0.15) is 0 Å². The Bertz CT molecular complexity index is 3610. The number of fused-ring (bicyclic) bond motifs is 14. The first kappa shape index (κ1) is 36.3. The lowest BCUT2D eigenvalue weighted by molar-refractivity contribution is 0.590. The molecule has 0 saturated heterocycles. The van der Waals surface area contributed by atoms with E-state index in [-0.39, 0.29) is 16.2 Å². The van der Waals surface area contributed by atoms with Crippen molar-refractivity contribution in [3.8, 4) is 39.1 Å². The summed E-state index contributed by atoms with van der Waals surface area (Å²) in [4.78, 5) is 0. The van der Waals surface area contributed by atoms with Gasteiger partial charge < -0.3 is 9.88 Å².